The highest BCUT2D eigenvalue weighted by Gasteiger charge is 2.20. The Kier molecular flexibility index (Phi) is 8.19. The first-order chi connectivity index (χ1) is 29.1. The Morgan fingerprint density at radius 3 is 1.86 bits per heavy atom. The summed E-state index contributed by atoms with van der Waals surface area (Å²) in [4.78, 5) is 0. The molecule has 276 valence electrons. The molecule has 0 bridgehead atoms. The van der Waals surface area contributed by atoms with E-state index in [4.69, 9.17) is 17.0 Å². The molecular formula is C54H34BNO3. The molecule has 2 radical (unpaired) electrons. The fourth-order valence-corrected chi connectivity index (χ4v) is 8.58. The van der Waals surface area contributed by atoms with Crippen LogP contribution in [-0.4, -0.2) is 17.5 Å². The Hall–Kier alpha value is -7.76. The summed E-state index contributed by atoms with van der Waals surface area (Å²) < 4.78 is 15.2. The van der Waals surface area contributed by atoms with Crippen LogP contribution >= 0.6 is 0 Å². The van der Waals surface area contributed by atoms with Crippen molar-refractivity contribution >= 4 is 57.1 Å². The van der Waals surface area contributed by atoms with E-state index >= 15 is 0 Å². The molecule has 0 fully saturated rings. The number of furan rings is 1. The van der Waals surface area contributed by atoms with Gasteiger partial charge < -0.3 is 18.8 Å². The number of aromatic hydroxyl groups is 1. The normalized spacial score (nSPS) is 11.5. The highest BCUT2D eigenvalue weighted by Crippen LogP contribution is 2.42. The predicted octanol–water partition coefficient (Wildman–Crippen LogP) is 13.6. The molecule has 2 aromatic heterocycles. The van der Waals surface area contributed by atoms with Crippen molar-refractivity contribution in [3.05, 3.63) is 200 Å². The van der Waals surface area contributed by atoms with Gasteiger partial charge in [-0.15, -0.1) is 0 Å². The van der Waals surface area contributed by atoms with Crippen LogP contribution in [0, 0.1) is 0 Å². The Labute approximate surface area is 342 Å². The van der Waals surface area contributed by atoms with Gasteiger partial charge in [0.2, 0.25) is 0 Å². The zero-order valence-electron chi connectivity index (χ0n) is 31.8. The Morgan fingerprint density at radius 1 is 0.441 bits per heavy atom. The number of benzene rings is 9. The minimum Gasteiger partial charge on any atom is -0.507 e. The van der Waals surface area contributed by atoms with Gasteiger partial charge in [-0.1, -0.05) is 140 Å². The van der Waals surface area contributed by atoms with E-state index in [1.165, 1.54) is 10.8 Å². The van der Waals surface area contributed by atoms with E-state index in [2.05, 4.69) is 126 Å². The molecule has 1 N–H and O–H groups in total. The minimum atomic E-state index is 0.109. The van der Waals surface area contributed by atoms with Crippen LogP contribution < -0.4 is 10.2 Å². The standard InChI is InChI=1S/C54H34BNO3/c55-53-46(43-29-28-35(32-50(43)57)34-14-12-15-36(30-34)40-22-13-23-45-44-21-7-11-27-51(44)59-54(40)45)31-37(33-52(53)58-38-16-2-1-3-17-38)39-18-4-8-24-47(39)56-48-25-9-5-19-41(48)42-20-6-10-26-49(42)56/h1-33,57H. The molecule has 0 saturated heterocycles. The van der Waals surface area contributed by atoms with Gasteiger partial charge in [0.05, 0.1) is 16.7 Å². The number of hydrogen-bond donors (Lipinski definition) is 1. The number of hydrogen-bond acceptors (Lipinski definition) is 3. The number of para-hydroxylation sites is 6. The zero-order valence-corrected chi connectivity index (χ0v) is 31.8. The maximum absolute atomic E-state index is 11.9. The first-order valence-corrected chi connectivity index (χ1v) is 19.7. The molecule has 9 aromatic carbocycles. The molecule has 5 heteroatoms. The second-order valence-corrected chi connectivity index (χ2v) is 14.8. The molecule has 0 amide bonds. The number of rotatable bonds is 7. The van der Waals surface area contributed by atoms with Crippen molar-refractivity contribution in [3.8, 4) is 67.4 Å². The molecule has 0 aliphatic carbocycles. The van der Waals surface area contributed by atoms with E-state index in [-0.39, 0.29) is 5.75 Å². The van der Waals surface area contributed by atoms with Crippen molar-refractivity contribution in [1.29, 1.82) is 0 Å². The van der Waals surface area contributed by atoms with Gasteiger partial charge in [-0.3, -0.25) is 0 Å². The van der Waals surface area contributed by atoms with Crippen molar-refractivity contribution in [2.24, 2.45) is 0 Å². The number of phenolic OH excluding ortho intramolecular Hbond substituents is 1. The third-order valence-corrected chi connectivity index (χ3v) is 11.3. The molecule has 11 aromatic rings. The van der Waals surface area contributed by atoms with Crippen LogP contribution in [0.15, 0.2) is 205 Å². The number of nitrogens with zero attached hydrogens (tertiary/aromatic N) is 1. The van der Waals surface area contributed by atoms with Crippen LogP contribution in [0.2, 0.25) is 0 Å². The van der Waals surface area contributed by atoms with Gasteiger partial charge in [0.1, 0.15) is 36.3 Å². The molecule has 0 unspecified atom stereocenters. The molecule has 0 saturated carbocycles. The Bertz CT molecular complexity index is 3340. The van der Waals surface area contributed by atoms with Crippen LogP contribution in [0.1, 0.15) is 0 Å². The van der Waals surface area contributed by atoms with Gasteiger partial charge in [-0.05, 0) is 93.9 Å². The molecule has 0 aliphatic rings. The van der Waals surface area contributed by atoms with E-state index in [9.17, 15) is 5.11 Å². The fraction of sp³-hybridized carbons (Fsp3) is 0. The molecule has 59 heavy (non-hydrogen) atoms. The summed E-state index contributed by atoms with van der Waals surface area (Å²) in [6.45, 7) is 0. The average molecular weight is 756 g/mol. The average Bonchev–Trinajstić information content (AvgIpc) is 3.84. The molecule has 2 heterocycles. The maximum Gasteiger partial charge on any atom is 0.143 e. The lowest BCUT2D eigenvalue weighted by molar-refractivity contribution is 0.477. The largest absolute Gasteiger partial charge is 0.507 e. The van der Waals surface area contributed by atoms with Gasteiger partial charge in [0, 0.05) is 38.2 Å². The van der Waals surface area contributed by atoms with Gasteiger partial charge in [-0.2, -0.15) is 0 Å². The molecule has 0 atom stereocenters. The summed E-state index contributed by atoms with van der Waals surface area (Å²) in [6, 6.07) is 67.6. The highest BCUT2D eigenvalue weighted by molar-refractivity contribution is 6.38. The summed E-state index contributed by atoms with van der Waals surface area (Å²) in [5, 5.41) is 16.5. The second-order valence-electron chi connectivity index (χ2n) is 14.8. The fourth-order valence-electron chi connectivity index (χ4n) is 8.58. The third kappa shape index (κ3) is 5.86. The lowest BCUT2D eigenvalue weighted by atomic mass is 9.83. The van der Waals surface area contributed by atoms with Crippen LogP contribution in [-0.2, 0) is 0 Å². The van der Waals surface area contributed by atoms with Crippen molar-refractivity contribution in [2.45, 2.75) is 0 Å². The third-order valence-electron chi connectivity index (χ3n) is 11.3. The van der Waals surface area contributed by atoms with E-state index in [0.717, 1.165) is 72.0 Å². The van der Waals surface area contributed by atoms with E-state index in [0.29, 0.717) is 28.1 Å². The second kappa shape index (κ2) is 14.0. The first-order valence-electron chi connectivity index (χ1n) is 19.7. The van der Waals surface area contributed by atoms with Crippen LogP contribution in [0.3, 0.4) is 0 Å². The predicted molar refractivity (Wildman–Crippen MR) is 243 cm³/mol. The summed E-state index contributed by atoms with van der Waals surface area (Å²) >= 11 is 0. The van der Waals surface area contributed by atoms with Crippen molar-refractivity contribution in [1.82, 2.24) is 4.57 Å². The monoisotopic (exact) mass is 755 g/mol. The van der Waals surface area contributed by atoms with Gasteiger partial charge in [0.25, 0.3) is 0 Å². The minimum absolute atomic E-state index is 0.109. The van der Waals surface area contributed by atoms with Crippen molar-refractivity contribution in [2.75, 3.05) is 0 Å². The molecule has 11 rings (SSSR count). The maximum atomic E-state index is 11.9. The number of aromatic nitrogens is 1. The van der Waals surface area contributed by atoms with Crippen LogP contribution in [0.25, 0.3) is 93.9 Å². The highest BCUT2D eigenvalue weighted by atomic mass is 16.5. The Morgan fingerprint density at radius 2 is 1.07 bits per heavy atom. The van der Waals surface area contributed by atoms with Gasteiger partial charge in [0.15, 0.2) is 0 Å². The van der Waals surface area contributed by atoms with E-state index in [1.807, 2.05) is 78.9 Å². The smallest absolute Gasteiger partial charge is 0.143 e. The quantitative estimate of drug-likeness (QED) is 0.165. The summed E-state index contributed by atoms with van der Waals surface area (Å²) in [6.07, 6.45) is 0. The summed E-state index contributed by atoms with van der Waals surface area (Å²) in [5.41, 5.74) is 12.4. The lowest BCUT2D eigenvalue weighted by Gasteiger charge is -2.19. The SMILES string of the molecule is [B]c1c(Oc2ccccc2)cc(-c2ccccc2-n2c3ccccc3c3ccccc32)cc1-c1ccc(-c2cccc(-c3cccc4c3oc3ccccc34)c2)cc1O. The van der Waals surface area contributed by atoms with Gasteiger partial charge in [-0.25, -0.2) is 0 Å². The molecule has 4 nitrogen and oxygen atoms in total. The number of phenols is 1. The number of fused-ring (bicyclic) bond motifs is 6. The molecule has 0 spiro atoms. The summed E-state index contributed by atoms with van der Waals surface area (Å²) in [7, 11) is 7.02. The van der Waals surface area contributed by atoms with Crippen LogP contribution in [0.4, 0.5) is 0 Å². The number of ether oxygens (including phenoxy) is 1. The lowest BCUT2D eigenvalue weighted by Crippen LogP contribution is -2.11. The topological polar surface area (TPSA) is 47.5 Å². The zero-order chi connectivity index (χ0) is 39.5. The summed E-state index contributed by atoms with van der Waals surface area (Å²) in [5.74, 6) is 1.27. The van der Waals surface area contributed by atoms with Gasteiger partial charge >= 0.3 is 0 Å². The van der Waals surface area contributed by atoms with E-state index in [1.54, 1.807) is 0 Å². The van der Waals surface area contributed by atoms with E-state index < -0.39 is 0 Å². The van der Waals surface area contributed by atoms with Crippen molar-refractivity contribution in [3.63, 3.8) is 0 Å². The Balaban J connectivity index is 1.04. The molecule has 0 aliphatic heterocycles. The molecular weight excluding hydrogens is 721 g/mol. The first kappa shape index (κ1) is 34.5. The van der Waals surface area contributed by atoms with Crippen LogP contribution in [0.5, 0.6) is 17.2 Å². The van der Waals surface area contributed by atoms with Crippen molar-refractivity contribution < 1.29 is 14.3 Å².